The van der Waals surface area contributed by atoms with Gasteiger partial charge in [-0.15, -0.1) is 5.10 Å². The van der Waals surface area contributed by atoms with E-state index in [1.807, 2.05) is 54.6 Å². The van der Waals surface area contributed by atoms with Crippen molar-refractivity contribution in [2.75, 3.05) is 17.7 Å². The summed E-state index contributed by atoms with van der Waals surface area (Å²) in [6.45, 7) is 0. The van der Waals surface area contributed by atoms with Crippen LogP contribution in [0.3, 0.4) is 0 Å². The number of amides is 1. The fraction of sp³-hybridized carbons (Fsp3) is 0.0435. The Hall–Kier alpha value is -4.26. The van der Waals surface area contributed by atoms with Crippen LogP contribution in [0.2, 0.25) is 0 Å². The number of hydrogen-bond donors (Lipinski definition) is 2. The van der Waals surface area contributed by atoms with Gasteiger partial charge in [0.25, 0.3) is 5.91 Å². The molecular formula is C23H19N5O2. The quantitative estimate of drug-likeness (QED) is 0.496. The van der Waals surface area contributed by atoms with Gasteiger partial charge in [-0.2, -0.15) is 5.10 Å². The number of para-hydroxylation sites is 1. The molecule has 0 aliphatic heterocycles. The molecular weight excluding hydrogens is 378 g/mol. The standard InChI is InChI=1S/C23H19N5O2/c1-30-19-10-8-17(9-11-19)26-18-13-16(14-24-15-18)20-5-2-3-6-21(20)27-23(29)22-7-4-12-25-28-22/h2-15,26H,1H3,(H,27,29). The molecule has 1 amide bonds. The van der Waals surface area contributed by atoms with Crippen molar-refractivity contribution in [3.05, 3.63) is 91.0 Å². The number of carbonyl (C=O) groups excluding carboxylic acids is 1. The van der Waals surface area contributed by atoms with Crippen molar-refractivity contribution in [3.8, 4) is 16.9 Å². The average Bonchev–Trinajstić information content (AvgIpc) is 2.81. The molecule has 2 aromatic heterocycles. The van der Waals surface area contributed by atoms with E-state index in [4.69, 9.17) is 4.74 Å². The van der Waals surface area contributed by atoms with E-state index in [1.54, 1.807) is 31.6 Å². The first kappa shape index (κ1) is 19.1. The molecule has 7 nitrogen and oxygen atoms in total. The summed E-state index contributed by atoms with van der Waals surface area (Å²) in [6.07, 6.45) is 5.03. The molecule has 0 aliphatic rings. The number of rotatable bonds is 6. The van der Waals surface area contributed by atoms with Crippen LogP contribution in [0, 0.1) is 0 Å². The highest BCUT2D eigenvalue weighted by molar-refractivity contribution is 6.05. The number of benzene rings is 2. The minimum absolute atomic E-state index is 0.250. The van der Waals surface area contributed by atoms with Crippen LogP contribution < -0.4 is 15.4 Å². The number of nitrogens with one attached hydrogen (secondary N) is 2. The molecule has 0 fully saturated rings. The predicted molar refractivity (Wildman–Crippen MR) is 116 cm³/mol. The van der Waals surface area contributed by atoms with E-state index in [0.717, 1.165) is 28.3 Å². The highest BCUT2D eigenvalue weighted by Crippen LogP contribution is 2.30. The van der Waals surface area contributed by atoms with Gasteiger partial charge in [-0.25, -0.2) is 0 Å². The minimum Gasteiger partial charge on any atom is -0.497 e. The summed E-state index contributed by atoms with van der Waals surface area (Å²) in [5.74, 6) is 0.469. The summed E-state index contributed by atoms with van der Waals surface area (Å²) in [5, 5.41) is 13.8. The molecule has 4 rings (SSSR count). The lowest BCUT2D eigenvalue weighted by atomic mass is 10.0. The Bertz CT molecular complexity index is 1150. The summed E-state index contributed by atoms with van der Waals surface area (Å²) >= 11 is 0. The molecule has 148 valence electrons. The normalized spacial score (nSPS) is 10.3. The van der Waals surface area contributed by atoms with Crippen LogP contribution in [-0.2, 0) is 0 Å². The summed E-state index contributed by atoms with van der Waals surface area (Å²) < 4.78 is 5.19. The van der Waals surface area contributed by atoms with Crippen LogP contribution >= 0.6 is 0 Å². The zero-order valence-corrected chi connectivity index (χ0v) is 16.2. The third-order valence-electron chi connectivity index (χ3n) is 4.41. The lowest BCUT2D eigenvalue weighted by Gasteiger charge is -2.12. The number of ether oxygens (including phenoxy) is 1. The molecule has 0 spiro atoms. The largest absolute Gasteiger partial charge is 0.497 e. The highest BCUT2D eigenvalue weighted by atomic mass is 16.5. The van der Waals surface area contributed by atoms with Crippen LogP contribution in [0.1, 0.15) is 10.5 Å². The molecule has 2 heterocycles. The molecule has 2 N–H and O–H groups in total. The number of pyridine rings is 1. The van der Waals surface area contributed by atoms with E-state index in [2.05, 4.69) is 25.8 Å². The van der Waals surface area contributed by atoms with E-state index >= 15 is 0 Å². The molecule has 7 heteroatoms. The lowest BCUT2D eigenvalue weighted by Crippen LogP contribution is -2.14. The fourth-order valence-corrected chi connectivity index (χ4v) is 2.95. The number of aromatic nitrogens is 3. The molecule has 30 heavy (non-hydrogen) atoms. The summed E-state index contributed by atoms with van der Waals surface area (Å²) in [7, 11) is 1.64. The van der Waals surface area contributed by atoms with Gasteiger partial charge in [-0.1, -0.05) is 18.2 Å². The first-order chi connectivity index (χ1) is 14.7. The zero-order valence-electron chi connectivity index (χ0n) is 16.2. The molecule has 0 unspecified atom stereocenters. The first-order valence-corrected chi connectivity index (χ1v) is 9.27. The van der Waals surface area contributed by atoms with Gasteiger partial charge >= 0.3 is 0 Å². The maximum absolute atomic E-state index is 12.5. The second kappa shape index (κ2) is 8.83. The molecule has 4 aromatic rings. The number of anilines is 3. The number of hydrogen-bond acceptors (Lipinski definition) is 6. The summed E-state index contributed by atoms with van der Waals surface area (Å²) in [6, 6.07) is 20.4. The topological polar surface area (TPSA) is 89.0 Å². The maximum atomic E-state index is 12.5. The second-order valence-electron chi connectivity index (χ2n) is 6.42. The van der Waals surface area contributed by atoms with Crippen molar-refractivity contribution < 1.29 is 9.53 Å². The Morgan fingerprint density at radius 1 is 0.933 bits per heavy atom. The second-order valence-corrected chi connectivity index (χ2v) is 6.42. The van der Waals surface area contributed by atoms with Crippen molar-refractivity contribution in [1.82, 2.24) is 15.2 Å². The molecule has 0 bridgehead atoms. The number of methoxy groups -OCH3 is 1. The first-order valence-electron chi connectivity index (χ1n) is 9.27. The molecule has 0 aliphatic carbocycles. The van der Waals surface area contributed by atoms with Gasteiger partial charge in [0.2, 0.25) is 0 Å². The van der Waals surface area contributed by atoms with Crippen molar-refractivity contribution in [2.24, 2.45) is 0 Å². The average molecular weight is 397 g/mol. The zero-order chi connectivity index (χ0) is 20.8. The van der Waals surface area contributed by atoms with E-state index in [0.29, 0.717) is 5.69 Å². The van der Waals surface area contributed by atoms with Crippen molar-refractivity contribution in [2.45, 2.75) is 0 Å². The van der Waals surface area contributed by atoms with Gasteiger partial charge in [0.15, 0.2) is 5.69 Å². The molecule has 0 radical (unpaired) electrons. The summed E-state index contributed by atoms with van der Waals surface area (Å²) in [4.78, 5) is 16.9. The Morgan fingerprint density at radius 2 is 1.77 bits per heavy atom. The van der Waals surface area contributed by atoms with Gasteiger partial charge in [0, 0.05) is 34.9 Å². The van der Waals surface area contributed by atoms with Crippen LogP contribution in [0.4, 0.5) is 17.1 Å². The Balaban J connectivity index is 1.58. The van der Waals surface area contributed by atoms with Crippen LogP contribution in [0.25, 0.3) is 11.1 Å². The SMILES string of the molecule is COc1ccc(Nc2cncc(-c3ccccc3NC(=O)c3cccnn3)c2)cc1. The van der Waals surface area contributed by atoms with Crippen molar-refractivity contribution in [3.63, 3.8) is 0 Å². The smallest absolute Gasteiger partial charge is 0.276 e. The minimum atomic E-state index is -0.323. The lowest BCUT2D eigenvalue weighted by molar-refractivity contribution is 0.102. The van der Waals surface area contributed by atoms with Gasteiger partial charge in [-0.3, -0.25) is 9.78 Å². The summed E-state index contributed by atoms with van der Waals surface area (Å²) in [5.41, 5.74) is 4.37. The van der Waals surface area contributed by atoms with Crippen LogP contribution in [-0.4, -0.2) is 28.2 Å². The Labute approximate surface area is 173 Å². The van der Waals surface area contributed by atoms with E-state index in [-0.39, 0.29) is 11.6 Å². The molecule has 2 aromatic carbocycles. The van der Waals surface area contributed by atoms with E-state index in [1.165, 1.54) is 6.20 Å². The van der Waals surface area contributed by atoms with Gasteiger partial charge in [-0.05, 0) is 48.5 Å². The third kappa shape index (κ3) is 4.41. The Kier molecular flexibility index (Phi) is 5.61. The highest BCUT2D eigenvalue weighted by Gasteiger charge is 2.12. The fourth-order valence-electron chi connectivity index (χ4n) is 2.95. The molecule has 0 atom stereocenters. The monoisotopic (exact) mass is 397 g/mol. The number of carbonyl (C=O) groups is 1. The predicted octanol–water partition coefficient (Wildman–Crippen LogP) is 4.54. The van der Waals surface area contributed by atoms with Crippen molar-refractivity contribution in [1.29, 1.82) is 0 Å². The third-order valence-corrected chi connectivity index (χ3v) is 4.41. The maximum Gasteiger partial charge on any atom is 0.276 e. The van der Waals surface area contributed by atoms with E-state index in [9.17, 15) is 4.79 Å². The van der Waals surface area contributed by atoms with Crippen LogP contribution in [0.5, 0.6) is 5.75 Å². The number of nitrogens with zero attached hydrogens (tertiary/aromatic N) is 3. The van der Waals surface area contributed by atoms with Crippen LogP contribution in [0.15, 0.2) is 85.3 Å². The molecule has 0 saturated carbocycles. The van der Waals surface area contributed by atoms with Gasteiger partial charge in [0.05, 0.1) is 19.0 Å². The van der Waals surface area contributed by atoms with E-state index < -0.39 is 0 Å². The van der Waals surface area contributed by atoms with Crippen molar-refractivity contribution >= 4 is 23.0 Å². The molecule has 0 saturated heterocycles. The van der Waals surface area contributed by atoms with Gasteiger partial charge in [0.1, 0.15) is 5.75 Å². The van der Waals surface area contributed by atoms with Gasteiger partial charge < -0.3 is 15.4 Å². The Morgan fingerprint density at radius 3 is 2.53 bits per heavy atom.